The van der Waals surface area contributed by atoms with E-state index in [0.29, 0.717) is 11.4 Å². The first-order valence-electron chi connectivity index (χ1n) is 8.15. The van der Waals surface area contributed by atoms with E-state index in [1.54, 1.807) is 11.3 Å². The highest BCUT2D eigenvalue weighted by molar-refractivity contribution is 9.10. The lowest BCUT2D eigenvalue weighted by Gasteiger charge is -2.18. The Balaban J connectivity index is 2.25. The van der Waals surface area contributed by atoms with Crippen molar-refractivity contribution in [2.75, 3.05) is 5.73 Å². The van der Waals surface area contributed by atoms with Crippen LogP contribution in [0.15, 0.2) is 10.5 Å². The molecule has 1 aliphatic carbocycles. The Bertz CT molecular complexity index is 774. The van der Waals surface area contributed by atoms with Crippen LogP contribution in [0.1, 0.15) is 54.3 Å². The number of hydrogen-bond donors (Lipinski definition) is 1. The van der Waals surface area contributed by atoms with Gasteiger partial charge in [0, 0.05) is 25.5 Å². The molecule has 0 saturated heterocycles. The molecule has 23 heavy (non-hydrogen) atoms. The summed E-state index contributed by atoms with van der Waals surface area (Å²) >= 11 is 5.40. The highest BCUT2D eigenvalue weighted by Crippen LogP contribution is 2.41. The largest absolute Gasteiger partial charge is 0.383 e. The zero-order chi connectivity index (χ0) is 16.4. The number of aromatic nitrogens is 1. The molecule has 2 heterocycles. The number of nitrogens with zero attached hydrogens (tertiary/aromatic N) is 2. The second kappa shape index (κ2) is 7.02. The van der Waals surface area contributed by atoms with E-state index in [1.807, 2.05) is 0 Å². The maximum absolute atomic E-state index is 9.64. The number of fused-ring (bicyclic) bond motifs is 1. The summed E-state index contributed by atoms with van der Waals surface area (Å²) in [5.41, 5.74) is 10.0. The van der Waals surface area contributed by atoms with Gasteiger partial charge in [0.1, 0.15) is 17.5 Å². The van der Waals surface area contributed by atoms with Gasteiger partial charge in [-0.15, -0.1) is 11.3 Å². The lowest BCUT2D eigenvalue weighted by molar-refractivity contribution is 0.610. The molecule has 0 aliphatic heterocycles. The third kappa shape index (κ3) is 3.15. The monoisotopic (exact) mass is 389 g/mol. The third-order valence-electron chi connectivity index (χ3n) is 4.44. The summed E-state index contributed by atoms with van der Waals surface area (Å²) in [4.78, 5) is 7.01. The zero-order valence-electron chi connectivity index (χ0n) is 13.3. The van der Waals surface area contributed by atoms with Gasteiger partial charge in [0.15, 0.2) is 0 Å². The minimum atomic E-state index is 0.379. The van der Waals surface area contributed by atoms with Crippen LogP contribution in [0.2, 0.25) is 0 Å². The second-order valence-corrected chi connectivity index (χ2v) is 7.92. The predicted molar refractivity (Wildman–Crippen MR) is 99.6 cm³/mol. The van der Waals surface area contributed by atoms with E-state index in [9.17, 15) is 5.26 Å². The van der Waals surface area contributed by atoms with Crippen LogP contribution in [-0.4, -0.2) is 4.98 Å². The molecule has 0 amide bonds. The number of thiophene rings is 1. The third-order valence-corrected chi connectivity index (χ3v) is 6.71. The first kappa shape index (κ1) is 16.5. The van der Waals surface area contributed by atoms with Crippen molar-refractivity contribution in [3.05, 3.63) is 32.2 Å². The van der Waals surface area contributed by atoms with Gasteiger partial charge in [-0.1, -0.05) is 19.8 Å². The van der Waals surface area contributed by atoms with Crippen LogP contribution in [0.25, 0.3) is 10.4 Å². The Kier molecular flexibility index (Phi) is 5.03. The van der Waals surface area contributed by atoms with Crippen LogP contribution in [0, 0.1) is 11.3 Å². The van der Waals surface area contributed by atoms with Gasteiger partial charge < -0.3 is 5.73 Å². The normalized spacial score (nSPS) is 14.7. The van der Waals surface area contributed by atoms with Gasteiger partial charge >= 0.3 is 0 Å². The maximum Gasteiger partial charge on any atom is 0.142 e. The van der Waals surface area contributed by atoms with Crippen molar-refractivity contribution in [1.29, 1.82) is 5.26 Å². The second-order valence-electron chi connectivity index (χ2n) is 5.93. The molecule has 0 saturated carbocycles. The minimum Gasteiger partial charge on any atom is -0.383 e. The van der Waals surface area contributed by atoms with Crippen LogP contribution in [0.5, 0.6) is 0 Å². The lowest BCUT2D eigenvalue weighted by Crippen LogP contribution is -2.09. The highest BCUT2D eigenvalue weighted by atomic mass is 79.9. The summed E-state index contributed by atoms with van der Waals surface area (Å²) in [6, 6.07) is 4.44. The quantitative estimate of drug-likeness (QED) is 0.762. The molecule has 2 aromatic heterocycles. The van der Waals surface area contributed by atoms with Crippen LogP contribution < -0.4 is 5.73 Å². The number of aryl methyl sites for hydroxylation is 2. The number of rotatable bonds is 2. The summed E-state index contributed by atoms with van der Waals surface area (Å²) in [5, 5.41) is 9.64. The van der Waals surface area contributed by atoms with E-state index in [4.69, 9.17) is 5.73 Å². The van der Waals surface area contributed by atoms with Crippen LogP contribution in [0.4, 0.5) is 5.82 Å². The summed E-state index contributed by atoms with van der Waals surface area (Å²) in [6.45, 7) is 2.15. The molecule has 0 atom stereocenters. The smallest absolute Gasteiger partial charge is 0.142 e. The predicted octanol–water partition coefficient (Wildman–Crippen LogP) is 5.25. The average Bonchev–Trinajstić information content (AvgIpc) is 2.89. The van der Waals surface area contributed by atoms with E-state index in [1.165, 1.54) is 23.3 Å². The molecule has 1 aliphatic rings. The van der Waals surface area contributed by atoms with E-state index in [-0.39, 0.29) is 0 Å². The number of halogens is 1. The van der Waals surface area contributed by atoms with E-state index in [2.05, 4.69) is 40.0 Å². The van der Waals surface area contributed by atoms with E-state index >= 15 is 0 Å². The molecule has 0 unspecified atom stereocenters. The van der Waals surface area contributed by atoms with Gasteiger partial charge in [-0.3, -0.25) is 0 Å². The Morgan fingerprint density at radius 3 is 2.70 bits per heavy atom. The minimum absolute atomic E-state index is 0.379. The van der Waals surface area contributed by atoms with Gasteiger partial charge in [0.05, 0.1) is 0 Å². The van der Waals surface area contributed by atoms with E-state index < -0.39 is 0 Å². The van der Waals surface area contributed by atoms with Crippen molar-refractivity contribution in [2.24, 2.45) is 0 Å². The number of anilines is 1. The zero-order valence-corrected chi connectivity index (χ0v) is 15.7. The average molecular weight is 390 g/mol. The molecule has 0 radical (unpaired) electrons. The number of nitrogen functional groups attached to an aromatic ring is 1. The standard InChI is InChI=1S/C18H20BrN3S/c1-2-15-13(19)9-16(23-15)17-11-7-5-3-4-6-8-14(11)22-18(21)12(17)10-20/h9H,2-8H2,1H3,(H2,21,22). The Hall–Kier alpha value is -1.38. The number of nitrogens with two attached hydrogens (primary N) is 1. The molecule has 0 aromatic carbocycles. The summed E-state index contributed by atoms with van der Waals surface area (Å²) < 4.78 is 1.12. The topological polar surface area (TPSA) is 62.7 Å². The maximum atomic E-state index is 9.64. The van der Waals surface area contributed by atoms with Crippen molar-refractivity contribution < 1.29 is 0 Å². The van der Waals surface area contributed by atoms with Crippen molar-refractivity contribution in [1.82, 2.24) is 4.98 Å². The Morgan fingerprint density at radius 1 is 1.30 bits per heavy atom. The van der Waals surface area contributed by atoms with Crippen LogP contribution >= 0.6 is 27.3 Å². The molecule has 0 bridgehead atoms. The molecule has 0 spiro atoms. The number of nitriles is 1. The van der Waals surface area contributed by atoms with Gasteiger partial charge in [-0.05, 0) is 59.7 Å². The lowest BCUT2D eigenvalue weighted by atomic mass is 9.90. The fourth-order valence-corrected chi connectivity index (χ4v) is 5.25. The van der Waals surface area contributed by atoms with Crippen molar-refractivity contribution in [3.63, 3.8) is 0 Å². The molecule has 2 N–H and O–H groups in total. The molecule has 5 heteroatoms. The van der Waals surface area contributed by atoms with Gasteiger partial charge in [-0.2, -0.15) is 5.26 Å². The molecule has 120 valence electrons. The summed E-state index contributed by atoms with van der Waals surface area (Å²) in [7, 11) is 0. The molecule has 3 rings (SSSR count). The molecule has 0 fully saturated rings. The van der Waals surface area contributed by atoms with Crippen molar-refractivity contribution >= 4 is 33.1 Å². The Morgan fingerprint density at radius 2 is 2.04 bits per heavy atom. The van der Waals surface area contributed by atoms with Crippen LogP contribution in [-0.2, 0) is 19.3 Å². The summed E-state index contributed by atoms with van der Waals surface area (Å²) in [5.74, 6) is 0.379. The first-order chi connectivity index (χ1) is 11.2. The van der Waals surface area contributed by atoms with Gasteiger partial charge in [-0.25, -0.2) is 4.98 Å². The molecular weight excluding hydrogens is 370 g/mol. The molecule has 2 aromatic rings. The van der Waals surface area contributed by atoms with Gasteiger partial charge in [0.25, 0.3) is 0 Å². The highest BCUT2D eigenvalue weighted by Gasteiger charge is 2.22. The molecular formula is C18H20BrN3S. The first-order valence-corrected chi connectivity index (χ1v) is 9.76. The van der Waals surface area contributed by atoms with E-state index in [0.717, 1.165) is 52.7 Å². The number of hydrogen-bond acceptors (Lipinski definition) is 4. The fraction of sp³-hybridized carbons (Fsp3) is 0.444. The SMILES string of the molecule is CCc1sc(-c2c(C#N)c(N)nc3c2CCCCCC3)cc1Br. The van der Waals surface area contributed by atoms with Crippen LogP contribution in [0.3, 0.4) is 0 Å². The van der Waals surface area contributed by atoms with Crippen molar-refractivity contribution in [3.8, 4) is 16.5 Å². The molecule has 3 nitrogen and oxygen atoms in total. The fourth-order valence-electron chi connectivity index (χ4n) is 3.27. The summed E-state index contributed by atoms with van der Waals surface area (Å²) in [6.07, 6.45) is 7.74. The number of pyridine rings is 1. The van der Waals surface area contributed by atoms with Gasteiger partial charge in [0.2, 0.25) is 0 Å². The van der Waals surface area contributed by atoms with Crippen molar-refractivity contribution in [2.45, 2.75) is 51.9 Å². The Labute approximate surface area is 149 Å².